The van der Waals surface area contributed by atoms with Gasteiger partial charge in [-0.3, -0.25) is 0 Å². The molecule has 178 valence electrons. The first-order valence-corrected chi connectivity index (χ1v) is 12.3. The molecule has 1 atom stereocenters. The van der Waals surface area contributed by atoms with E-state index in [1.54, 1.807) is 11.0 Å². The van der Waals surface area contributed by atoms with Gasteiger partial charge < -0.3 is 14.2 Å². The average Bonchev–Trinajstić information content (AvgIpc) is 3.08. The van der Waals surface area contributed by atoms with Crippen LogP contribution in [-0.4, -0.2) is 42.9 Å². The number of nitrogens with zero attached hydrogens (tertiary/aromatic N) is 4. The SMILES string of the molecule is COCc1cc2cc3n(c2cc1S(C)(=O)=O)CCN(c1nccc(C(F)(F)F)n1)[C@H]3C(C)C. The zero-order valence-corrected chi connectivity index (χ0v) is 19.5. The van der Waals surface area contributed by atoms with Gasteiger partial charge in [0.25, 0.3) is 0 Å². The van der Waals surface area contributed by atoms with Crippen molar-refractivity contribution in [1.29, 1.82) is 0 Å². The van der Waals surface area contributed by atoms with Crippen molar-refractivity contribution >= 4 is 26.7 Å². The maximum Gasteiger partial charge on any atom is 0.433 e. The van der Waals surface area contributed by atoms with Gasteiger partial charge in [0.15, 0.2) is 9.84 Å². The van der Waals surface area contributed by atoms with Crippen LogP contribution >= 0.6 is 0 Å². The summed E-state index contributed by atoms with van der Waals surface area (Å²) in [4.78, 5) is 9.93. The second-order valence-corrected chi connectivity index (χ2v) is 10.6. The maximum absolute atomic E-state index is 13.2. The molecule has 4 rings (SSSR count). The molecule has 1 aromatic carbocycles. The van der Waals surface area contributed by atoms with Crippen molar-refractivity contribution in [2.24, 2.45) is 5.92 Å². The largest absolute Gasteiger partial charge is 0.433 e. The molecule has 3 heterocycles. The molecule has 0 N–H and O–H groups in total. The van der Waals surface area contributed by atoms with Crippen LogP contribution in [0.3, 0.4) is 0 Å². The number of sulfone groups is 1. The Labute approximate surface area is 190 Å². The molecule has 0 bridgehead atoms. The molecule has 11 heteroatoms. The minimum Gasteiger partial charge on any atom is -0.380 e. The second-order valence-electron chi connectivity index (χ2n) is 8.57. The monoisotopic (exact) mass is 482 g/mol. The van der Waals surface area contributed by atoms with E-state index in [2.05, 4.69) is 9.97 Å². The minimum absolute atomic E-state index is 0.0249. The van der Waals surface area contributed by atoms with Crippen molar-refractivity contribution in [1.82, 2.24) is 14.5 Å². The number of aromatic nitrogens is 3. The average molecular weight is 483 g/mol. The number of hydrogen-bond donors (Lipinski definition) is 0. The Balaban J connectivity index is 1.87. The lowest BCUT2D eigenvalue weighted by atomic mass is 9.97. The molecule has 33 heavy (non-hydrogen) atoms. The number of rotatable bonds is 5. The first kappa shape index (κ1) is 23.5. The summed E-state index contributed by atoms with van der Waals surface area (Å²) >= 11 is 0. The summed E-state index contributed by atoms with van der Waals surface area (Å²) in [6.07, 6.45) is -2.27. The molecule has 0 amide bonds. The molecule has 0 spiro atoms. The third kappa shape index (κ3) is 4.31. The number of fused-ring (bicyclic) bond motifs is 3. The van der Waals surface area contributed by atoms with Crippen LogP contribution in [0.4, 0.5) is 19.1 Å². The molecule has 0 aliphatic carbocycles. The topological polar surface area (TPSA) is 77.3 Å². The molecule has 1 aliphatic heterocycles. The first-order valence-electron chi connectivity index (χ1n) is 10.4. The van der Waals surface area contributed by atoms with Crippen molar-refractivity contribution in [2.75, 3.05) is 24.8 Å². The van der Waals surface area contributed by atoms with E-state index >= 15 is 0 Å². The predicted molar refractivity (Wildman–Crippen MR) is 118 cm³/mol. The summed E-state index contributed by atoms with van der Waals surface area (Å²) in [6.45, 7) is 4.95. The van der Waals surface area contributed by atoms with Gasteiger partial charge >= 0.3 is 6.18 Å². The predicted octanol–water partition coefficient (Wildman–Crippen LogP) is 4.22. The van der Waals surface area contributed by atoms with Crippen LogP contribution in [0, 0.1) is 5.92 Å². The van der Waals surface area contributed by atoms with Crippen molar-refractivity contribution in [3.63, 3.8) is 0 Å². The fourth-order valence-electron chi connectivity index (χ4n) is 4.54. The highest BCUT2D eigenvalue weighted by molar-refractivity contribution is 7.90. The standard InChI is InChI=1S/C22H25F3N4O3S/c1-13(2)20-17-10-14-9-15(12-32-3)18(33(4,30)31)11-16(14)28(17)7-8-29(20)21-26-6-5-19(27-21)22(23,24)25/h5-6,9-11,13,20H,7-8,12H2,1-4H3/t20-/m0/s1. The van der Waals surface area contributed by atoms with Crippen molar-refractivity contribution in [3.05, 3.63) is 47.4 Å². The summed E-state index contributed by atoms with van der Waals surface area (Å²) < 4.78 is 71.7. The molecule has 0 saturated heterocycles. The normalized spacial score (nSPS) is 17.1. The molecule has 0 unspecified atom stereocenters. The van der Waals surface area contributed by atoms with Crippen LogP contribution in [0.5, 0.6) is 0 Å². The lowest BCUT2D eigenvalue weighted by molar-refractivity contribution is -0.141. The van der Waals surface area contributed by atoms with Gasteiger partial charge in [0.1, 0.15) is 5.69 Å². The van der Waals surface area contributed by atoms with Gasteiger partial charge in [-0.15, -0.1) is 0 Å². The molecule has 0 saturated carbocycles. The summed E-state index contributed by atoms with van der Waals surface area (Å²) in [5.41, 5.74) is 1.22. The second kappa shape index (κ2) is 8.28. The van der Waals surface area contributed by atoms with Gasteiger partial charge in [-0.2, -0.15) is 13.2 Å². The Hall–Kier alpha value is -2.66. The van der Waals surface area contributed by atoms with Crippen LogP contribution in [0.15, 0.2) is 35.4 Å². The highest BCUT2D eigenvalue weighted by atomic mass is 32.2. The van der Waals surface area contributed by atoms with Gasteiger partial charge in [-0.05, 0) is 35.7 Å². The number of methoxy groups -OCH3 is 1. The maximum atomic E-state index is 13.2. The van der Waals surface area contributed by atoms with Crippen molar-refractivity contribution < 1.29 is 26.3 Å². The third-order valence-corrected chi connectivity index (χ3v) is 7.02. The van der Waals surface area contributed by atoms with Crippen LogP contribution < -0.4 is 4.90 Å². The van der Waals surface area contributed by atoms with E-state index in [-0.39, 0.29) is 29.4 Å². The van der Waals surface area contributed by atoms with Gasteiger partial charge in [0.2, 0.25) is 5.95 Å². The van der Waals surface area contributed by atoms with Crippen molar-refractivity contribution in [3.8, 4) is 0 Å². The Morgan fingerprint density at radius 1 is 1.21 bits per heavy atom. The van der Waals surface area contributed by atoms with E-state index < -0.39 is 21.7 Å². The van der Waals surface area contributed by atoms with E-state index in [0.717, 1.165) is 35.1 Å². The zero-order chi connectivity index (χ0) is 24.1. The number of benzene rings is 1. The fourth-order valence-corrected chi connectivity index (χ4v) is 5.46. The van der Waals surface area contributed by atoms with E-state index in [4.69, 9.17) is 4.74 Å². The molecule has 0 fully saturated rings. The summed E-state index contributed by atoms with van der Waals surface area (Å²) in [5, 5.41) is 0.849. The summed E-state index contributed by atoms with van der Waals surface area (Å²) in [6, 6.07) is 6.01. The molecule has 7 nitrogen and oxygen atoms in total. The Bertz CT molecular complexity index is 1300. The van der Waals surface area contributed by atoms with Crippen molar-refractivity contribution in [2.45, 2.75) is 44.1 Å². The molecule has 1 aliphatic rings. The lowest BCUT2D eigenvalue weighted by Gasteiger charge is -2.39. The van der Waals surface area contributed by atoms with Crippen LogP contribution in [0.2, 0.25) is 0 Å². The number of alkyl halides is 3. The fraction of sp³-hybridized carbons (Fsp3) is 0.455. The summed E-state index contributed by atoms with van der Waals surface area (Å²) in [5.74, 6) is 0.0521. The lowest BCUT2D eigenvalue weighted by Crippen LogP contribution is -2.41. The number of ether oxygens (including phenoxy) is 1. The number of anilines is 1. The highest BCUT2D eigenvalue weighted by Crippen LogP contribution is 2.39. The summed E-state index contributed by atoms with van der Waals surface area (Å²) in [7, 11) is -1.98. The number of hydrogen-bond acceptors (Lipinski definition) is 6. The smallest absolute Gasteiger partial charge is 0.380 e. The van der Waals surface area contributed by atoms with E-state index in [1.807, 2.05) is 30.5 Å². The van der Waals surface area contributed by atoms with Gasteiger partial charge in [0, 0.05) is 49.2 Å². The Kier molecular flexibility index (Phi) is 5.90. The van der Waals surface area contributed by atoms with Crippen LogP contribution in [0.1, 0.15) is 36.8 Å². The molecule has 3 aromatic rings. The Morgan fingerprint density at radius 2 is 1.94 bits per heavy atom. The Morgan fingerprint density at radius 3 is 2.55 bits per heavy atom. The van der Waals surface area contributed by atoms with Crippen LogP contribution in [-0.2, 0) is 33.9 Å². The third-order valence-electron chi connectivity index (χ3n) is 5.84. The minimum atomic E-state index is -4.56. The molecular formula is C22H25F3N4O3S. The number of halogens is 3. The van der Waals surface area contributed by atoms with E-state index in [9.17, 15) is 21.6 Å². The molecular weight excluding hydrogens is 457 g/mol. The van der Waals surface area contributed by atoms with Crippen LogP contribution in [0.25, 0.3) is 10.9 Å². The first-order chi connectivity index (χ1) is 15.4. The molecule has 0 radical (unpaired) electrons. The quantitative estimate of drug-likeness (QED) is 0.542. The molecule has 2 aromatic heterocycles. The van der Waals surface area contributed by atoms with Gasteiger partial charge in [0.05, 0.1) is 17.5 Å². The highest BCUT2D eigenvalue weighted by Gasteiger charge is 2.36. The zero-order valence-electron chi connectivity index (χ0n) is 18.7. The van der Waals surface area contributed by atoms with Gasteiger partial charge in [-0.25, -0.2) is 18.4 Å². The van der Waals surface area contributed by atoms with Gasteiger partial charge in [-0.1, -0.05) is 13.8 Å². The van der Waals surface area contributed by atoms with E-state index in [0.29, 0.717) is 18.7 Å². The van der Waals surface area contributed by atoms with E-state index in [1.165, 1.54) is 7.11 Å².